The van der Waals surface area contributed by atoms with E-state index in [0.717, 1.165) is 16.7 Å². The van der Waals surface area contributed by atoms with Gasteiger partial charge in [-0.25, -0.2) is 4.98 Å². The van der Waals surface area contributed by atoms with Crippen molar-refractivity contribution in [1.29, 1.82) is 0 Å². The molecule has 0 unspecified atom stereocenters. The SMILES string of the molecule is O=C(c1ccccc1)c1cncn1C(c1ccccc1)(c1ccccc1)c1ccccc1. The Kier molecular flexibility index (Phi) is 5.22. The second-order valence-corrected chi connectivity index (χ2v) is 7.65. The van der Waals surface area contributed by atoms with Crippen LogP contribution in [0.3, 0.4) is 0 Å². The van der Waals surface area contributed by atoms with Gasteiger partial charge in [-0.15, -0.1) is 0 Å². The predicted octanol–water partition coefficient (Wildman–Crippen LogP) is 5.95. The molecule has 4 aromatic carbocycles. The number of ketones is 1. The number of rotatable bonds is 6. The third kappa shape index (κ3) is 3.25. The molecule has 0 aliphatic carbocycles. The van der Waals surface area contributed by atoms with Gasteiger partial charge in [0.2, 0.25) is 5.78 Å². The number of aromatic nitrogens is 2. The number of carbonyl (C=O) groups is 1. The highest BCUT2D eigenvalue weighted by molar-refractivity contribution is 6.08. The average molecular weight is 415 g/mol. The Morgan fingerprint density at radius 1 is 0.594 bits per heavy atom. The van der Waals surface area contributed by atoms with Crippen molar-refractivity contribution in [2.45, 2.75) is 5.54 Å². The van der Waals surface area contributed by atoms with Crippen LogP contribution in [0, 0.1) is 0 Å². The first kappa shape index (κ1) is 19.7. The van der Waals surface area contributed by atoms with Crippen molar-refractivity contribution < 1.29 is 4.79 Å². The Balaban J connectivity index is 1.85. The molecule has 154 valence electrons. The van der Waals surface area contributed by atoms with E-state index >= 15 is 0 Å². The van der Waals surface area contributed by atoms with Crippen LogP contribution in [0.2, 0.25) is 0 Å². The van der Waals surface area contributed by atoms with E-state index in [9.17, 15) is 4.79 Å². The van der Waals surface area contributed by atoms with Gasteiger partial charge in [0.1, 0.15) is 11.2 Å². The molecule has 1 aromatic heterocycles. The van der Waals surface area contributed by atoms with Gasteiger partial charge in [0.15, 0.2) is 0 Å². The minimum atomic E-state index is -0.764. The summed E-state index contributed by atoms with van der Waals surface area (Å²) in [5, 5.41) is 0. The molecule has 0 aliphatic heterocycles. The van der Waals surface area contributed by atoms with E-state index in [1.54, 1.807) is 12.5 Å². The molecule has 3 heteroatoms. The van der Waals surface area contributed by atoms with E-state index < -0.39 is 5.54 Å². The van der Waals surface area contributed by atoms with Gasteiger partial charge < -0.3 is 4.57 Å². The molecule has 0 atom stereocenters. The van der Waals surface area contributed by atoms with Crippen molar-refractivity contribution in [3.63, 3.8) is 0 Å². The average Bonchev–Trinajstić information content (AvgIpc) is 3.37. The Morgan fingerprint density at radius 2 is 1.00 bits per heavy atom. The molecule has 1 heterocycles. The van der Waals surface area contributed by atoms with Crippen molar-refractivity contribution in [3.05, 3.63) is 162 Å². The summed E-state index contributed by atoms with van der Waals surface area (Å²) in [4.78, 5) is 18.1. The molecular weight excluding hydrogens is 392 g/mol. The maximum Gasteiger partial charge on any atom is 0.211 e. The van der Waals surface area contributed by atoms with Crippen LogP contribution in [0.15, 0.2) is 134 Å². The van der Waals surface area contributed by atoms with Gasteiger partial charge in [-0.3, -0.25) is 4.79 Å². The summed E-state index contributed by atoms with van der Waals surface area (Å²) in [5.74, 6) is -0.0599. The Morgan fingerprint density at radius 3 is 1.44 bits per heavy atom. The van der Waals surface area contributed by atoms with Gasteiger partial charge in [0.05, 0.1) is 12.5 Å². The summed E-state index contributed by atoms with van der Waals surface area (Å²) in [6.45, 7) is 0. The van der Waals surface area contributed by atoms with Crippen molar-refractivity contribution >= 4 is 5.78 Å². The normalized spacial score (nSPS) is 11.2. The summed E-state index contributed by atoms with van der Waals surface area (Å²) in [5.41, 5.74) is 3.57. The lowest BCUT2D eigenvalue weighted by molar-refractivity contribution is 0.102. The van der Waals surface area contributed by atoms with Gasteiger partial charge in [-0.05, 0) is 16.7 Å². The van der Waals surface area contributed by atoms with Gasteiger partial charge in [0.25, 0.3) is 0 Å². The number of carbonyl (C=O) groups excluding carboxylic acids is 1. The van der Waals surface area contributed by atoms with Crippen molar-refractivity contribution in [2.24, 2.45) is 0 Å². The van der Waals surface area contributed by atoms with Crippen molar-refractivity contribution in [1.82, 2.24) is 9.55 Å². The van der Waals surface area contributed by atoms with Crippen LogP contribution in [0.4, 0.5) is 0 Å². The van der Waals surface area contributed by atoms with Crippen LogP contribution in [-0.4, -0.2) is 15.3 Å². The van der Waals surface area contributed by atoms with E-state index in [1.165, 1.54) is 0 Å². The maximum atomic E-state index is 13.6. The lowest BCUT2D eigenvalue weighted by Gasteiger charge is -2.38. The first-order chi connectivity index (χ1) is 15.8. The molecule has 0 fully saturated rings. The number of imidazole rings is 1. The fourth-order valence-electron chi connectivity index (χ4n) is 4.42. The summed E-state index contributed by atoms with van der Waals surface area (Å²) >= 11 is 0. The van der Waals surface area contributed by atoms with Crippen LogP contribution >= 0.6 is 0 Å². The molecule has 0 bridgehead atoms. The Labute approximate surface area is 187 Å². The summed E-state index contributed by atoms with van der Waals surface area (Å²) < 4.78 is 2.02. The largest absolute Gasteiger partial charge is 0.309 e. The van der Waals surface area contributed by atoms with E-state index in [0.29, 0.717) is 11.3 Å². The fourth-order valence-corrected chi connectivity index (χ4v) is 4.42. The predicted molar refractivity (Wildman–Crippen MR) is 127 cm³/mol. The summed E-state index contributed by atoms with van der Waals surface area (Å²) in [6.07, 6.45) is 3.43. The molecule has 0 saturated carbocycles. The second kappa shape index (κ2) is 8.48. The zero-order valence-electron chi connectivity index (χ0n) is 17.5. The van der Waals surface area contributed by atoms with Crippen LogP contribution in [-0.2, 0) is 5.54 Å². The molecule has 0 amide bonds. The maximum absolute atomic E-state index is 13.6. The summed E-state index contributed by atoms with van der Waals surface area (Å²) in [6, 6.07) is 40.2. The minimum absolute atomic E-state index is 0.0599. The Bertz CT molecular complexity index is 1210. The van der Waals surface area contributed by atoms with E-state index in [-0.39, 0.29) is 5.78 Å². The number of hydrogen-bond acceptors (Lipinski definition) is 2. The monoisotopic (exact) mass is 414 g/mol. The topological polar surface area (TPSA) is 34.9 Å². The van der Waals surface area contributed by atoms with E-state index in [4.69, 9.17) is 0 Å². The number of benzene rings is 4. The van der Waals surface area contributed by atoms with Crippen molar-refractivity contribution in [2.75, 3.05) is 0 Å². The van der Waals surface area contributed by atoms with E-state index in [1.807, 2.05) is 89.5 Å². The first-order valence-corrected chi connectivity index (χ1v) is 10.6. The smallest absolute Gasteiger partial charge is 0.211 e. The molecule has 5 aromatic rings. The Hall–Kier alpha value is -4.24. The molecular formula is C29H22N2O. The molecule has 32 heavy (non-hydrogen) atoms. The highest BCUT2D eigenvalue weighted by Gasteiger charge is 2.40. The van der Waals surface area contributed by atoms with Crippen LogP contribution in [0.1, 0.15) is 32.7 Å². The van der Waals surface area contributed by atoms with Crippen LogP contribution < -0.4 is 0 Å². The van der Waals surface area contributed by atoms with Gasteiger partial charge in [0, 0.05) is 5.56 Å². The molecule has 0 saturated heterocycles. The highest BCUT2D eigenvalue weighted by atomic mass is 16.1. The van der Waals surface area contributed by atoms with Crippen LogP contribution in [0.25, 0.3) is 0 Å². The lowest BCUT2D eigenvalue weighted by Crippen LogP contribution is -2.39. The zero-order chi connectivity index (χ0) is 21.8. The summed E-state index contributed by atoms with van der Waals surface area (Å²) in [7, 11) is 0. The molecule has 0 radical (unpaired) electrons. The third-order valence-corrected chi connectivity index (χ3v) is 5.84. The van der Waals surface area contributed by atoms with Gasteiger partial charge in [-0.1, -0.05) is 121 Å². The first-order valence-electron chi connectivity index (χ1n) is 10.6. The fraction of sp³-hybridized carbons (Fsp3) is 0.0345. The van der Waals surface area contributed by atoms with E-state index in [2.05, 4.69) is 41.4 Å². The quantitative estimate of drug-likeness (QED) is 0.254. The van der Waals surface area contributed by atoms with Crippen LogP contribution in [0.5, 0.6) is 0 Å². The highest BCUT2D eigenvalue weighted by Crippen LogP contribution is 2.41. The molecule has 0 spiro atoms. The number of nitrogens with zero attached hydrogens (tertiary/aromatic N) is 2. The molecule has 5 rings (SSSR count). The molecule has 0 aliphatic rings. The standard InChI is InChI=1S/C29H22N2O/c32-28(23-13-5-1-6-14-23)27-21-30-22-31(27)29(24-15-7-2-8-16-24,25-17-9-3-10-18-25)26-19-11-4-12-20-26/h1-22H. The lowest BCUT2D eigenvalue weighted by atomic mass is 9.76. The molecule has 3 nitrogen and oxygen atoms in total. The molecule has 0 N–H and O–H groups in total. The van der Waals surface area contributed by atoms with Gasteiger partial charge >= 0.3 is 0 Å². The minimum Gasteiger partial charge on any atom is -0.309 e. The van der Waals surface area contributed by atoms with Crippen molar-refractivity contribution in [3.8, 4) is 0 Å². The second-order valence-electron chi connectivity index (χ2n) is 7.65. The number of hydrogen-bond donors (Lipinski definition) is 0. The zero-order valence-corrected chi connectivity index (χ0v) is 17.5. The third-order valence-electron chi connectivity index (χ3n) is 5.84. The van der Waals surface area contributed by atoms with Gasteiger partial charge in [-0.2, -0.15) is 0 Å².